The van der Waals surface area contributed by atoms with Crippen LogP contribution in [-0.2, 0) is 9.84 Å². The van der Waals surface area contributed by atoms with Gasteiger partial charge in [-0.3, -0.25) is 0 Å². The molecule has 1 aliphatic heterocycles. The minimum absolute atomic E-state index is 0.171. The van der Waals surface area contributed by atoms with Crippen molar-refractivity contribution in [2.45, 2.75) is 11.8 Å². The molecule has 4 nitrogen and oxygen atoms in total. The fourth-order valence-corrected chi connectivity index (χ4v) is 3.87. The summed E-state index contributed by atoms with van der Waals surface area (Å²) in [5.74, 6) is 0.788. The molecule has 1 aliphatic rings. The van der Waals surface area contributed by atoms with E-state index in [-0.39, 0.29) is 5.75 Å². The predicted molar refractivity (Wildman–Crippen MR) is 63.1 cm³/mol. The Labute approximate surface area is 95.7 Å². The third-order valence-corrected chi connectivity index (χ3v) is 4.76. The number of benzene rings is 1. The number of anilines is 1. The van der Waals surface area contributed by atoms with Crippen LogP contribution in [-0.4, -0.2) is 34.9 Å². The van der Waals surface area contributed by atoms with Gasteiger partial charge in [-0.2, -0.15) is 0 Å². The van der Waals surface area contributed by atoms with E-state index < -0.39 is 9.84 Å². The van der Waals surface area contributed by atoms with Crippen molar-refractivity contribution in [1.82, 2.24) is 0 Å². The molecule has 0 atom stereocenters. The highest BCUT2D eigenvalue weighted by molar-refractivity contribution is 7.91. The first-order chi connectivity index (χ1) is 7.47. The minimum Gasteiger partial charge on any atom is -0.495 e. The van der Waals surface area contributed by atoms with Gasteiger partial charge in [-0.1, -0.05) is 6.07 Å². The number of rotatable bonds is 1. The summed E-state index contributed by atoms with van der Waals surface area (Å²) in [7, 11) is 0.280. The molecule has 1 heterocycles. The van der Waals surface area contributed by atoms with Gasteiger partial charge in [0.25, 0.3) is 0 Å². The first-order valence-electron chi connectivity index (χ1n) is 5.09. The average Bonchev–Trinajstić information content (AvgIpc) is 2.24. The van der Waals surface area contributed by atoms with Crippen molar-refractivity contribution in [2.75, 3.05) is 31.4 Å². The molecule has 1 aromatic carbocycles. The van der Waals surface area contributed by atoms with Crippen LogP contribution in [0.3, 0.4) is 0 Å². The fourth-order valence-electron chi connectivity index (χ4n) is 2.04. The number of methoxy groups -OCH3 is 1. The number of hydrogen-bond acceptors (Lipinski definition) is 4. The van der Waals surface area contributed by atoms with E-state index in [2.05, 4.69) is 0 Å². The standard InChI is InChI=1S/C11H15NO3S/c1-8-4-5-9(15-3)10-11(8)16(13,14)7-6-12(10)2/h4-5H,6-7H2,1-3H3. The van der Waals surface area contributed by atoms with E-state index in [0.717, 1.165) is 5.56 Å². The summed E-state index contributed by atoms with van der Waals surface area (Å²) >= 11 is 0. The summed E-state index contributed by atoms with van der Waals surface area (Å²) in [5, 5.41) is 0. The van der Waals surface area contributed by atoms with Gasteiger partial charge in [-0.25, -0.2) is 8.42 Å². The average molecular weight is 241 g/mol. The molecule has 0 saturated heterocycles. The summed E-state index contributed by atoms with van der Waals surface area (Å²) in [6, 6.07) is 3.60. The molecule has 1 aromatic rings. The molecule has 0 amide bonds. The fraction of sp³-hybridized carbons (Fsp3) is 0.455. The lowest BCUT2D eigenvalue weighted by Gasteiger charge is -2.29. The van der Waals surface area contributed by atoms with E-state index in [1.54, 1.807) is 13.2 Å². The number of fused-ring (bicyclic) bond motifs is 1. The summed E-state index contributed by atoms with van der Waals surface area (Å²) in [6.07, 6.45) is 0. The molecule has 16 heavy (non-hydrogen) atoms. The Morgan fingerprint density at radius 2 is 2.06 bits per heavy atom. The first-order valence-corrected chi connectivity index (χ1v) is 6.74. The Bertz CT molecular complexity index is 522. The Morgan fingerprint density at radius 3 is 2.69 bits per heavy atom. The molecular formula is C11H15NO3S. The van der Waals surface area contributed by atoms with Crippen LogP contribution in [0.1, 0.15) is 5.56 Å². The van der Waals surface area contributed by atoms with Crippen LogP contribution in [0.5, 0.6) is 5.75 Å². The molecule has 0 aromatic heterocycles. The van der Waals surface area contributed by atoms with Crippen molar-refractivity contribution < 1.29 is 13.2 Å². The normalized spacial score (nSPS) is 18.1. The van der Waals surface area contributed by atoms with Crippen molar-refractivity contribution in [3.05, 3.63) is 17.7 Å². The van der Waals surface area contributed by atoms with Gasteiger partial charge in [-0.05, 0) is 18.6 Å². The second-order valence-electron chi connectivity index (χ2n) is 4.00. The van der Waals surface area contributed by atoms with Gasteiger partial charge in [0.05, 0.1) is 23.4 Å². The van der Waals surface area contributed by atoms with Crippen LogP contribution in [0.15, 0.2) is 17.0 Å². The van der Waals surface area contributed by atoms with Gasteiger partial charge in [0.1, 0.15) is 5.75 Å². The van der Waals surface area contributed by atoms with E-state index in [1.165, 1.54) is 0 Å². The highest BCUT2D eigenvalue weighted by Crippen LogP contribution is 2.39. The molecule has 88 valence electrons. The van der Waals surface area contributed by atoms with Gasteiger partial charge >= 0.3 is 0 Å². The van der Waals surface area contributed by atoms with Gasteiger partial charge in [-0.15, -0.1) is 0 Å². The van der Waals surface area contributed by atoms with E-state index in [9.17, 15) is 8.42 Å². The van der Waals surface area contributed by atoms with Gasteiger partial charge in [0.2, 0.25) is 0 Å². The van der Waals surface area contributed by atoms with Crippen molar-refractivity contribution >= 4 is 15.5 Å². The Balaban J connectivity index is 2.81. The number of ether oxygens (including phenoxy) is 1. The molecule has 0 spiro atoms. The lowest BCUT2D eigenvalue weighted by molar-refractivity contribution is 0.413. The summed E-state index contributed by atoms with van der Waals surface area (Å²) in [6.45, 7) is 2.32. The molecule has 0 radical (unpaired) electrons. The van der Waals surface area contributed by atoms with Crippen molar-refractivity contribution in [2.24, 2.45) is 0 Å². The maximum Gasteiger partial charge on any atom is 0.182 e. The van der Waals surface area contributed by atoms with Crippen LogP contribution in [0.4, 0.5) is 5.69 Å². The summed E-state index contributed by atoms with van der Waals surface area (Å²) in [5.41, 5.74) is 1.47. The zero-order chi connectivity index (χ0) is 11.9. The van der Waals surface area contributed by atoms with E-state index in [1.807, 2.05) is 24.9 Å². The third kappa shape index (κ3) is 1.55. The van der Waals surface area contributed by atoms with Crippen LogP contribution >= 0.6 is 0 Å². The van der Waals surface area contributed by atoms with Crippen molar-refractivity contribution in [3.8, 4) is 5.75 Å². The predicted octanol–water partition coefficient (Wildman–Crippen LogP) is 1.23. The molecule has 0 aliphatic carbocycles. The van der Waals surface area contributed by atoms with Crippen LogP contribution in [0.25, 0.3) is 0 Å². The van der Waals surface area contributed by atoms with Gasteiger partial charge < -0.3 is 9.64 Å². The second kappa shape index (κ2) is 3.66. The Kier molecular flexibility index (Phi) is 2.58. The van der Waals surface area contributed by atoms with Gasteiger partial charge in [0.15, 0.2) is 9.84 Å². The van der Waals surface area contributed by atoms with E-state index in [0.29, 0.717) is 22.9 Å². The monoisotopic (exact) mass is 241 g/mol. The molecular weight excluding hydrogens is 226 g/mol. The topological polar surface area (TPSA) is 46.6 Å². The van der Waals surface area contributed by atoms with Crippen molar-refractivity contribution in [1.29, 1.82) is 0 Å². The lowest BCUT2D eigenvalue weighted by atomic mass is 10.2. The largest absolute Gasteiger partial charge is 0.495 e. The van der Waals surface area contributed by atoms with Crippen LogP contribution < -0.4 is 9.64 Å². The highest BCUT2D eigenvalue weighted by atomic mass is 32.2. The second-order valence-corrected chi connectivity index (χ2v) is 6.05. The third-order valence-electron chi connectivity index (χ3n) is 2.90. The van der Waals surface area contributed by atoms with Crippen LogP contribution in [0.2, 0.25) is 0 Å². The maximum atomic E-state index is 12.0. The highest BCUT2D eigenvalue weighted by Gasteiger charge is 2.30. The van der Waals surface area contributed by atoms with Crippen molar-refractivity contribution in [3.63, 3.8) is 0 Å². The first kappa shape index (κ1) is 11.3. The SMILES string of the molecule is COc1ccc(C)c2c1N(C)CCS2(=O)=O. The molecule has 0 N–H and O–H groups in total. The minimum atomic E-state index is -3.16. The zero-order valence-electron chi connectivity index (χ0n) is 9.65. The molecule has 5 heteroatoms. The summed E-state index contributed by atoms with van der Waals surface area (Å²) < 4.78 is 29.3. The molecule has 0 fully saturated rings. The molecule has 0 saturated carbocycles. The van der Waals surface area contributed by atoms with Crippen LogP contribution in [0, 0.1) is 6.92 Å². The smallest absolute Gasteiger partial charge is 0.182 e. The summed E-state index contributed by atoms with van der Waals surface area (Å²) in [4.78, 5) is 2.35. The van der Waals surface area contributed by atoms with E-state index in [4.69, 9.17) is 4.74 Å². The maximum absolute atomic E-state index is 12.0. The number of aryl methyl sites for hydroxylation is 1. The molecule has 2 rings (SSSR count). The van der Waals surface area contributed by atoms with Gasteiger partial charge in [0, 0.05) is 13.6 Å². The molecule has 0 bridgehead atoms. The molecule has 0 unspecified atom stereocenters. The Morgan fingerprint density at radius 1 is 1.38 bits per heavy atom. The Hall–Kier alpha value is -1.23. The number of nitrogens with zero attached hydrogens (tertiary/aromatic N) is 1. The number of hydrogen-bond donors (Lipinski definition) is 0. The quantitative estimate of drug-likeness (QED) is 0.742. The lowest BCUT2D eigenvalue weighted by Crippen LogP contribution is -2.33. The zero-order valence-corrected chi connectivity index (χ0v) is 10.5. The van der Waals surface area contributed by atoms with E-state index >= 15 is 0 Å². The number of sulfone groups is 1.